The Morgan fingerprint density at radius 2 is 2.00 bits per heavy atom. The van der Waals surface area contributed by atoms with Crippen LogP contribution in [0.3, 0.4) is 0 Å². The summed E-state index contributed by atoms with van der Waals surface area (Å²) in [5.41, 5.74) is 2.81. The average molecular weight is 415 g/mol. The largest absolute Gasteiger partial charge is 0.383 e. The molecule has 0 spiro atoms. The molecular weight excluding hydrogens is 380 g/mol. The van der Waals surface area contributed by atoms with E-state index in [9.17, 15) is 9.59 Å². The maximum absolute atomic E-state index is 13.2. The molecule has 3 amide bonds. The molecule has 1 atom stereocenters. The van der Waals surface area contributed by atoms with Crippen molar-refractivity contribution in [2.24, 2.45) is 7.05 Å². The van der Waals surface area contributed by atoms with Crippen molar-refractivity contribution in [2.75, 3.05) is 32.1 Å². The van der Waals surface area contributed by atoms with Crippen LogP contribution in [0.4, 0.5) is 10.5 Å². The second-order valence-electron chi connectivity index (χ2n) is 7.60. The van der Waals surface area contributed by atoms with E-state index in [1.54, 1.807) is 16.9 Å². The Hall–Kier alpha value is -2.80. The van der Waals surface area contributed by atoms with Crippen LogP contribution in [0.2, 0.25) is 0 Å². The zero-order valence-electron chi connectivity index (χ0n) is 18.7. The Balaban J connectivity index is 2.14. The van der Waals surface area contributed by atoms with Crippen LogP contribution in [0.1, 0.15) is 31.5 Å². The van der Waals surface area contributed by atoms with Gasteiger partial charge >= 0.3 is 6.03 Å². The van der Waals surface area contributed by atoms with Gasteiger partial charge in [0.15, 0.2) is 0 Å². The van der Waals surface area contributed by atoms with Crippen LogP contribution < -0.4 is 5.32 Å². The lowest BCUT2D eigenvalue weighted by Crippen LogP contribution is -2.48. The van der Waals surface area contributed by atoms with E-state index < -0.39 is 0 Å². The summed E-state index contributed by atoms with van der Waals surface area (Å²) in [7, 11) is 3.57. The number of hydrogen-bond acceptors (Lipinski definition) is 3. The number of hydrogen-bond donors (Lipinski definition) is 1. The lowest BCUT2D eigenvalue weighted by Gasteiger charge is -2.31. The number of rotatable bonds is 10. The average Bonchev–Trinajstić information content (AvgIpc) is 3.12. The summed E-state index contributed by atoms with van der Waals surface area (Å²) in [4.78, 5) is 29.5. The second-order valence-corrected chi connectivity index (χ2v) is 7.60. The fraction of sp³-hybridized carbons (Fsp3) is 0.478. The zero-order chi connectivity index (χ0) is 22.1. The lowest BCUT2D eigenvalue weighted by atomic mass is 10.2. The molecule has 7 nitrogen and oxygen atoms in total. The first kappa shape index (κ1) is 23.5. The number of methoxy groups -OCH3 is 1. The van der Waals surface area contributed by atoms with Crippen LogP contribution in [0.5, 0.6) is 0 Å². The third-order valence-electron chi connectivity index (χ3n) is 5.28. The highest BCUT2D eigenvalue weighted by Crippen LogP contribution is 2.14. The third-order valence-corrected chi connectivity index (χ3v) is 5.28. The predicted octanol–water partition coefficient (Wildman–Crippen LogP) is 3.64. The summed E-state index contributed by atoms with van der Waals surface area (Å²) in [5, 5.41) is 2.93. The monoisotopic (exact) mass is 414 g/mol. The van der Waals surface area contributed by atoms with Gasteiger partial charge in [-0.2, -0.15) is 0 Å². The van der Waals surface area contributed by atoms with Gasteiger partial charge < -0.3 is 24.4 Å². The Bertz CT molecular complexity index is 833. The summed E-state index contributed by atoms with van der Waals surface area (Å²) in [6.07, 6.45) is 2.71. The number of ether oxygens (including phenoxy) is 1. The standard InChI is InChI=1S/C23H34N4O3/c1-6-19(3)27(23(29)24-20-10-7-9-18(2)15-20)17-22(28)26(13-14-30-5)16-21-11-8-12-25(21)4/h7-12,15,19H,6,13-14,16-17H2,1-5H3,(H,24,29)/t19-/m0/s1. The van der Waals surface area contributed by atoms with Crippen molar-refractivity contribution in [2.45, 2.75) is 39.8 Å². The minimum absolute atomic E-state index is 0.0147. The van der Waals surface area contributed by atoms with Gasteiger partial charge in [-0.05, 0) is 50.1 Å². The van der Waals surface area contributed by atoms with E-state index in [1.807, 2.05) is 75.0 Å². The number of aromatic nitrogens is 1. The molecule has 0 saturated heterocycles. The van der Waals surface area contributed by atoms with Crippen molar-refractivity contribution in [1.29, 1.82) is 0 Å². The number of benzene rings is 1. The SMILES string of the molecule is CC[C@H](C)N(CC(=O)N(CCOC)Cc1cccn1C)C(=O)Nc1cccc(C)c1. The van der Waals surface area contributed by atoms with Crippen molar-refractivity contribution >= 4 is 17.6 Å². The van der Waals surface area contributed by atoms with Gasteiger partial charge in [0.25, 0.3) is 0 Å². The molecule has 164 valence electrons. The number of carbonyl (C=O) groups is 2. The summed E-state index contributed by atoms with van der Waals surface area (Å²) in [6.45, 7) is 7.33. The third kappa shape index (κ3) is 6.62. The fourth-order valence-corrected chi connectivity index (χ4v) is 3.16. The van der Waals surface area contributed by atoms with E-state index in [4.69, 9.17) is 4.74 Å². The Kier molecular flexibility index (Phi) is 8.92. The Morgan fingerprint density at radius 3 is 2.60 bits per heavy atom. The van der Waals surface area contributed by atoms with Gasteiger partial charge in [0, 0.05) is 44.3 Å². The molecule has 30 heavy (non-hydrogen) atoms. The molecule has 2 aromatic rings. The van der Waals surface area contributed by atoms with Crippen LogP contribution in [-0.4, -0.2) is 59.2 Å². The van der Waals surface area contributed by atoms with Crippen molar-refractivity contribution in [3.05, 3.63) is 53.9 Å². The quantitative estimate of drug-likeness (QED) is 0.645. The Labute approximate surface area is 179 Å². The topological polar surface area (TPSA) is 66.8 Å². The number of nitrogens with one attached hydrogen (secondary N) is 1. The van der Waals surface area contributed by atoms with E-state index in [0.29, 0.717) is 19.7 Å². The summed E-state index contributed by atoms with van der Waals surface area (Å²) < 4.78 is 7.18. The number of anilines is 1. The van der Waals surface area contributed by atoms with Crippen LogP contribution >= 0.6 is 0 Å². The van der Waals surface area contributed by atoms with Crippen LogP contribution in [0.25, 0.3) is 0 Å². The lowest BCUT2D eigenvalue weighted by molar-refractivity contribution is -0.133. The molecule has 0 fully saturated rings. The smallest absolute Gasteiger partial charge is 0.322 e. The predicted molar refractivity (Wildman–Crippen MR) is 119 cm³/mol. The van der Waals surface area contributed by atoms with Gasteiger partial charge in [0.05, 0.1) is 13.2 Å². The van der Waals surface area contributed by atoms with Crippen LogP contribution in [0, 0.1) is 6.92 Å². The zero-order valence-corrected chi connectivity index (χ0v) is 18.7. The normalized spacial score (nSPS) is 11.8. The molecule has 0 aliphatic heterocycles. The molecule has 1 heterocycles. The highest BCUT2D eigenvalue weighted by molar-refractivity contribution is 5.92. The molecule has 0 unspecified atom stereocenters. The number of amides is 3. The molecule has 2 rings (SSSR count). The summed E-state index contributed by atoms with van der Waals surface area (Å²) in [5.74, 6) is -0.104. The van der Waals surface area contributed by atoms with Gasteiger partial charge in [-0.25, -0.2) is 4.79 Å². The van der Waals surface area contributed by atoms with Crippen molar-refractivity contribution in [3.8, 4) is 0 Å². The minimum Gasteiger partial charge on any atom is -0.383 e. The molecule has 0 aliphatic rings. The van der Waals surface area contributed by atoms with E-state index >= 15 is 0 Å². The van der Waals surface area contributed by atoms with Crippen LogP contribution in [0.15, 0.2) is 42.6 Å². The van der Waals surface area contributed by atoms with E-state index in [2.05, 4.69) is 5.32 Å². The molecule has 7 heteroatoms. The highest BCUT2D eigenvalue weighted by Gasteiger charge is 2.25. The van der Waals surface area contributed by atoms with Gasteiger partial charge in [-0.15, -0.1) is 0 Å². The van der Waals surface area contributed by atoms with Gasteiger partial charge in [-0.3, -0.25) is 4.79 Å². The van der Waals surface area contributed by atoms with Crippen molar-refractivity contribution < 1.29 is 14.3 Å². The van der Waals surface area contributed by atoms with E-state index in [0.717, 1.165) is 23.4 Å². The Morgan fingerprint density at radius 1 is 1.23 bits per heavy atom. The molecular formula is C23H34N4O3. The fourth-order valence-electron chi connectivity index (χ4n) is 3.16. The second kappa shape index (κ2) is 11.4. The minimum atomic E-state index is -0.270. The first-order valence-electron chi connectivity index (χ1n) is 10.4. The number of aryl methyl sites for hydroxylation is 2. The summed E-state index contributed by atoms with van der Waals surface area (Å²) in [6, 6.07) is 11.2. The first-order chi connectivity index (χ1) is 14.3. The van der Waals surface area contributed by atoms with Gasteiger partial charge in [0.1, 0.15) is 6.54 Å². The van der Waals surface area contributed by atoms with Crippen molar-refractivity contribution in [1.82, 2.24) is 14.4 Å². The highest BCUT2D eigenvalue weighted by atomic mass is 16.5. The van der Waals surface area contributed by atoms with Crippen LogP contribution in [-0.2, 0) is 23.1 Å². The van der Waals surface area contributed by atoms with Gasteiger partial charge in [0.2, 0.25) is 5.91 Å². The number of carbonyl (C=O) groups excluding carboxylic acids is 2. The molecule has 0 saturated carbocycles. The molecule has 1 aromatic heterocycles. The van der Waals surface area contributed by atoms with Crippen molar-refractivity contribution in [3.63, 3.8) is 0 Å². The maximum atomic E-state index is 13.2. The molecule has 1 aromatic carbocycles. The molecule has 0 aliphatic carbocycles. The van der Waals surface area contributed by atoms with E-state index in [-0.39, 0.29) is 24.5 Å². The molecule has 1 N–H and O–H groups in total. The molecule has 0 bridgehead atoms. The molecule has 0 radical (unpaired) electrons. The maximum Gasteiger partial charge on any atom is 0.322 e. The first-order valence-corrected chi connectivity index (χ1v) is 10.4. The number of urea groups is 1. The summed E-state index contributed by atoms with van der Waals surface area (Å²) >= 11 is 0. The number of nitrogens with zero attached hydrogens (tertiary/aromatic N) is 3. The van der Waals surface area contributed by atoms with Gasteiger partial charge in [-0.1, -0.05) is 19.1 Å². The van der Waals surface area contributed by atoms with E-state index in [1.165, 1.54) is 0 Å².